The second kappa shape index (κ2) is 8.18. The van der Waals surface area contributed by atoms with Crippen molar-refractivity contribution < 1.29 is 31.1 Å². The van der Waals surface area contributed by atoms with Crippen molar-refractivity contribution in [2.75, 3.05) is 6.54 Å². The van der Waals surface area contributed by atoms with Crippen LogP contribution in [0.5, 0.6) is 0 Å². The van der Waals surface area contributed by atoms with E-state index in [9.17, 15) is 31.1 Å². The van der Waals surface area contributed by atoms with Crippen molar-refractivity contribution in [3.05, 3.63) is 71.6 Å². The number of rotatable bonds is 5. The first-order chi connectivity index (χ1) is 15.6. The Labute approximate surface area is 180 Å². The van der Waals surface area contributed by atoms with Gasteiger partial charge in [-0.2, -0.15) is 31.4 Å². The van der Waals surface area contributed by atoms with Gasteiger partial charge >= 0.3 is 12.4 Å². The monoisotopic (exact) mass is 469 g/mol. The highest BCUT2D eigenvalue weighted by Gasteiger charge is 2.41. The summed E-state index contributed by atoms with van der Waals surface area (Å²) in [4.78, 5) is 15.9. The van der Waals surface area contributed by atoms with Gasteiger partial charge in [-0.25, -0.2) is 9.67 Å². The number of alkyl halides is 6. The van der Waals surface area contributed by atoms with Gasteiger partial charge < -0.3 is 5.32 Å². The van der Waals surface area contributed by atoms with E-state index in [0.29, 0.717) is 29.9 Å². The molecule has 0 atom stereocenters. The number of nitrogens with one attached hydrogen (secondary N) is 1. The Morgan fingerprint density at radius 2 is 1.76 bits per heavy atom. The molecule has 4 rings (SSSR count). The van der Waals surface area contributed by atoms with E-state index in [4.69, 9.17) is 0 Å². The quantitative estimate of drug-likeness (QED) is 0.453. The molecule has 172 valence electrons. The smallest absolute Gasteiger partial charge is 0.351 e. The predicted molar refractivity (Wildman–Crippen MR) is 100 cm³/mol. The van der Waals surface area contributed by atoms with Crippen LogP contribution >= 0.6 is 0 Å². The van der Waals surface area contributed by atoms with Crippen LogP contribution in [0.1, 0.15) is 27.4 Å². The molecule has 4 aromatic rings. The summed E-state index contributed by atoms with van der Waals surface area (Å²) in [6.45, 7) is -0.0461. The number of carbonyl (C=O) groups is 1. The zero-order valence-electron chi connectivity index (χ0n) is 16.4. The number of fused-ring (bicyclic) bond motifs is 1. The molecule has 0 unspecified atom stereocenters. The van der Waals surface area contributed by atoms with Crippen molar-refractivity contribution in [1.29, 1.82) is 0 Å². The Bertz CT molecular complexity index is 1290. The molecule has 0 saturated carbocycles. The van der Waals surface area contributed by atoms with E-state index in [0.717, 1.165) is 6.07 Å². The molecule has 14 heteroatoms. The predicted octanol–water partition coefficient (Wildman–Crippen LogP) is 3.32. The summed E-state index contributed by atoms with van der Waals surface area (Å²) in [6, 6.07) is 6.54. The van der Waals surface area contributed by atoms with Gasteiger partial charge in [0, 0.05) is 25.4 Å². The molecule has 0 aromatic carbocycles. The first-order valence-corrected chi connectivity index (χ1v) is 9.31. The maximum Gasteiger partial charge on any atom is 0.434 e. The molecule has 0 fully saturated rings. The van der Waals surface area contributed by atoms with Gasteiger partial charge in [-0.1, -0.05) is 6.07 Å². The van der Waals surface area contributed by atoms with Crippen molar-refractivity contribution in [2.45, 2.75) is 18.8 Å². The van der Waals surface area contributed by atoms with Gasteiger partial charge in [0.15, 0.2) is 17.2 Å². The standard InChI is InChI=1S/C19H13F6N7O/c20-18(21,22)11-4-5-13(27-9-11)32-16(19(23,24)25)12(10-28-32)17(33)26-7-6-15-30-29-14-3-1-2-8-31(14)15/h1-5,8-10H,6-7H2,(H,26,33). The first-order valence-electron chi connectivity index (χ1n) is 9.31. The molecule has 0 radical (unpaired) electrons. The van der Waals surface area contributed by atoms with E-state index in [-0.39, 0.29) is 17.6 Å². The Morgan fingerprint density at radius 3 is 2.42 bits per heavy atom. The topological polar surface area (TPSA) is 90.0 Å². The van der Waals surface area contributed by atoms with Crippen LogP contribution in [0.3, 0.4) is 0 Å². The van der Waals surface area contributed by atoms with Gasteiger partial charge in [-0.3, -0.25) is 9.20 Å². The third-order valence-electron chi connectivity index (χ3n) is 4.59. The number of hydrogen-bond donors (Lipinski definition) is 1. The number of nitrogens with zero attached hydrogens (tertiary/aromatic N) is 6. The lowest BCUT2D eigenvalue weighted by molar-refractivity contribution is -0.143. The Balaban J connectivity index is 1.55. The molecule has 0 spiro atoms. The molecular weight excluding hydrogens is 456 g/mol. The summed E-state index contributed by atoms with van der Waals surface area (Å²) in [6.07, 6.45) is -6.77. The summed E-state index contributed by atoms with van der Waals surface area (Å²) in [7, 11) is 0. The molecule has 0 aliphatic rings. The summed E-state index contributed by atoms with van der Waals surface area (Å²) in [5.41, 5.74) is -2.81. The highest BCUT2D eigenvalue weighted by molar-refractivity contribution is 5.95. The molecule has 1 amide bonds. The molecule has 4 aromatic heterocycles. The van der Waals surface area contributed by atoms with E-state index >= 15 is 0 Å². The van der Waals surface area contributed by atoms with Crippen molar-refractivity contribution >= 4 is 11.6 Å². The third-order valence-corrected chi connectivity index (χ3v) is 4.59. The molecule has 0 aliphatic heterocycles. The van der Waals surface area contributed by atoms with Crippen molar-refractivity contribution in [3.8, 4) is 5.82 Å². The maximum atomic E-state index is 13.7. The van der Waals surface area contributed by atoms with Gasteiger partial charge in [0.25, 0.3) is 5.91 Å². The summed E-state index contributed by atoms with van der Waals surface area (Å²) < 4.78 is 81.2. The zero-order valence-corrected chi connectivity index (χ0v) is 16.4. The van der Waals surface area contributed by atoms with Gasteiger partial charge in [0.05, 0.1) is 17.3 Å². The normalized spacial score (nSPS) is 12.3. The van der Waals surface area contributed by atoms with Crippen LogP contribution < -0.4 is 5.32 Å². The van der Waals surface area contributed by atoms with Crippen molar-refractivity contribution in [3.63, 3.8) is 0 Å². The van der Waals surface area contributed by atoms with E-state index in [2.05, 4.69) is 25.6 Å². The lowest BCUT2D eigenvalue weighted by Crippen LogP contribution is -2.28. The highest BCUT2D eigenvalue weighted by atomic mass is 19.4. The largest absolute Gasteiger partial charge is 0.434 e. The average molecular weight is 469 g/mol. The van der Waals surface area contributed by atoms with Gasteiger partial charge in [0.2, 0.25) is 0 Å². The lowest BCUT2D eigenvalue weighted by atomic mass is 10.2. The summed E-state index contributed by atoms with van der Waals surface area (Å²) >= 11 is 0. The van der Waals surface area contributed by atoms with Crippen LogP contribution in [0.4, 0.5) is 26.3 Å². The second-order valence-electron chi connectivity index (χ2n) is 6.77. The van der Waals surface area contributed by atoms with Gasteiger partial charge in [-0.15, -0.1) is 10.2 Å². The van der Waals surface area contributed by atoms with E-state index in [1.165, 1.54) is 0 Å². The minimum absolute atomic E-state index is 0.0461. The minimum atomic E-state index is -5.03. The first kappa shape index (κ1) is 22.2. The number of aromatic nitrogens is 6. The second-order valence-corrected chi connectivity index (χ2v) is 6.77. The van der Waals surface area contributed by atoms with Crippen LogP contribution in [0.25, 0.3) is 11.5 Å². The average Bonchev–Trinajstić information content (AvgIpc) is 3.38. The number of amides is 1. The number of carbonyl (C=O) groups excluding carboxylic acids is 1. The third kappa shape index (κ3) is 4.49. The van der Waals surface area contributed by atoms with Crippen LogP contribution in [-0.2, 0) is 18.8 Å². The molecular formula is C19H13F6N7O. The van der Waals surface area contributed by atoms with Crippen molar-refractivity contribution in [2.24, 2.45) is 0 Å². The SMILES string of the molecule is O=C(NCCc1nnc2ccccn12)c1cnn(-c2ccc(C(F)(F)F)cn2)c1C(F)(F)F. The van der Waals surface area contributed by atoms with E-state index in [1.807, 2.05) is 0 Å². The number of hydrogen-bond acceptors (Lipinski definition) is 5. The number of halogens is 6. The summed E-state index contributed by atoms with van der Waals surface area (Å²) in [5.74, 6) is -1.09. The Morgan fingerprint density at radius 1 is 0.970 bits per heavy atom. The van der Waals surface area contributed by atoms with Crippen LogP contribution in [0.15, 0.2) is 48.9 Å². The van der Waals surface area contributed by atoms with Crippen molar-refractivity contribution in [1.82, 2.24) is 34.7 Å². The van der Waals surface area contributed by atoms with Gasteiger partial charge in [0.1, 0.15) is 5.82 Å². The van der Waals surface area contributed by atoms with E-state index in [1.54, 1.807) is 28.8 Å². The zero-order chi connectivity index (χ0) is 23.8. The Hall–Kier alpha value is -3.97. The number of pyridine rings is 2. The lowest BCUT2D eigenvalue weighted by Gasteiger charge is -2.13. The van der Waals surface area contributed by atoms with Crippen LogP contribution in [0.2, 0.25) is 0 Å². The van der Waals surface area contributed by atoms with Gasteiger partial charge in [-0.05, 0) is 24.3 Å². The fraction of sp³-hybridized carbons (Fsp3) is 0.211. The molecule has 4 heterocycles. The minimum Gasteiger partial charge on any atom is -0.351 e. The Kier molecular flexibility index (Phi) is 5.51. The van der Waals surface area contributed by atoms with E-state index < -0.39 is 40.9 Å². The fourth-order valence-corrected chi connectivity index (χ4v) is 3.08. The molecule has 1 N–H and O–H groups in total. The van der Waals surface area contributed by atoms with Crippen LogP contribution in [0, 0.1) is 0 Å². The molecule has 0 saturated heterocycles. The van der Waals surface area contributed by atoms with Crippen LogP contribution in [-0.4, -0.2) is 41.8 Å². The molecule has 0 aliphatic carbocycles. The maximum absolute atomic E-state index is 13.7. The summed E-state index contributed by atoms with van der Waals surface area (Å²) in [5, 5.41) is 13.8. The fourth-order valence-electron chi connectivity index (χ4n) is 3.08. The molecule has 8 nitrogen and oxygen atoms in total. The molecule has 33 heavy (non-hydrogen) atoms. The molecule has 0 bridgehead atoms. The highest BCUT2D eigenvalue weighted by Crippen LogP contribution is 2.34.